The highest BCUT2D eigenvalue weighted by Crippen LogP contribution is 2.35. The maximum atomic E-state index is 6.34. The topological polar surface area (TPSA) is 65.7 Å². The van der Waals surface area contributed by atoms with Gasteiger partial charge in [-0.2, -0.15) is 0 Å². The molecule has 1 aromatic carbocycles. The van der Waals surface area contributed by atoms with E-state index in [9.17, 15) is 0 Å². The van der Waals surface area contributed by atoms with Crippen molar-refractivity contribution < 1.29 is 14.2 Å². The molecule has 2 unspecified atom stereocenters. The molecule has 106 valence electrons. The molecule has 0 aliphatic carbocycles. The zero-order valence-electron chi connectivity index (χ0n) is 11.7. The normalized spacial score (nSPS) is 20.9. The van der Waals surface area contributed by atoms with Crippen LogP contribution in [0.2, 0.25) is 0 Å². The van der Waals surface area contributed by atoms with Crippen molar-refractivity contribution in [3.05, 3.63) is 23.3 Å². The maximum Gasteiger partial charge on any atom is 0.130 e. The van der Waals surface area contributed by atoms with Gasteiger partial charge in [-0.05, 0) is 19.1 Å². The molecule has 2 atom stereocenters. The number of ether oxygens (including phenoxy) is 3. The fraction of sp³-hybridized carbons (Fsp3) is 0.571. The Hall–Kier alpha value is -1.30. The number of hydrogen-bond donors (Lipinski definition) is 2. The Kier molecular flexibility index (Phi) is 4.63. The first kappa shape index (κ1) is 14.1. The zero-order valence-corrected chi connectivity index (χ0v) is 11.7. The van der Waals surface area contributed by atoms with Crippen LogP contribution in [0.3, 0.4) is 0 Å². The molecule has 19 heavy (non-hydrogen) atoms. The second-order valence-corrected chi connectivity index (χ2v) is 4.68. The molecule has 1 aliphatic rings. The van der Waals surface area contributed by atoms with Gasteiger partial charge in [0.1, 0.15) is 11.5 Å². The molecule has 5 heteroatoms. The summed E-state index contributed by atoms with van der Waals surface area (Å²) < 4.78 is 16.3. The molecular weight excluding hydrogens is 244 g/mol. The lowest BCUT2D eigenvalue weighted by Gasteiger charge is -2.30. The summed E-state index contributed by atoms with van der Waals surface area (Å²) >= 11 is 0. The number of rotatable bonds is 4. The maximum absolute atomic E-state index is 6.34. The highest BCUT2D eigenvalue weighted by molar-refractivity contribution is 5.50. The Morgan fingerprint density at radius 1 is 1.37 bits per heavy atom. The van der Waals surface area contributed by atoms with Gasteiger partial charge in [0.05, 0.1) is 33.5 Å². The lowest BCUT2D eigenvalue weighted by molar-refractivity contribution is 0.0682. The quantitative estimate of drug-likeness (QED) is 0.851. The largest absolute Gasteiger partial charge is 0.496 e. The Labute approximate surface area is 114 Å². The van der Waals surface area contributed by atoms with Crippen LogP contribution >= 0.6 is 0 Å². The number of nitrogens with one attached hydrogen (secondary N) is 1. The van der Waals surface area contributed by atoms with Crippen LogP contribution in [0.25, 0.3) is 0 Å². The van der Waals surface area contributed by atoms with Gasteiger partial charge in [0, 0.05) is 23.7 Å². The Balaban J connectivity index is 2.30. The summed E-state index contributed by atoms with van der Waals surface area (Å²) in [6.07, 6.45) is 0. The van der Waals surface area contributed by atoms with E-state index >= 15 is 0 Å². The fourth-order valence-corrected chi connectivity index (χ4v) is 2.48. The lowest BCUT2D eigenvalue weighted by atomic mass is 9.96. The van der Waals surface area contributed by atoms with E-state index in [4.69, 9.17) is 19.9 Å². The number of nitrogens with two attached hydrogens (primary N) is 1. The molecule has 0 saturated carbocycles. The Morgan fingerprint density at radius 3 is 2.74 bits per heavy atom. The van der Waals surface area contributed by atoms with Crippen LogP contribution in [0.1, 0.15) is 17.2 Å². The highest BCUT2D eigenvalue weighted by Gasteiger charge is 2.25. The minimum Gasteiger partial charge on any atom is -0.496 e. The van der Waals surface area contributed by atoms with Crippen molar-refractivity contribution in [1.29, 1.82) is 0 Å². The van der Waals surface area contributed by atoms with Gasteiger partial charge in [-0.1, -0.05) is 0 Å². The second kappa shape index (κ2) is 6.23. The van der Waals surface area contributed by atoms with E-state index in [2.05, 4.69) is 5.32 Å². The molecule has 3 N–H and O–H groups in total. The third-order valence-electron chi connectivity index (χ3n) is 3.55. The molecule has 5 nitrogen and oxygen atoms in total. The summed E-state index contributed by atoms with van der Waals surface area (Å²) in [5.41, 5.74) is 8.29. The van der Waals surface area contributed by atoms with Gasteiger partial charge in [-0.25, -0.2) is 0 Å². The predicted octanol–water partition coefficient (Wildman–Crippen LogP) is 1.00. The molecule has 2 rings (SSSR count). The van der Waals surface area contributed by atoms with Crippen LogP contribution in [-0.2, 0) is 4.74 Å². The summed E-state index contributed by atoms with van der Waals surface area (Å²) in [5, 5.41) is 3.38. The van der Waals surface area contributed by atoms with E-state index in [1.807, 2.05) is 19.1 Å². The smallest absolute Gasteiger partial charge is 0.130 e. The van der Waals surface area contributed by atoms with Gasteiger partial charge < -0.3 is 25.3 Å². The van der Waals surface area contributed by atoms with Crippen molar-refractivity contribution in [3.8, 4) is 11.5 Å². The average molecular weight is 266 g/mol. The van der Waals surface area contributed by atoms with Crippen molar-refractivity contribution in [3.63, 3.8) is 0 Å². The summed E-state index contributed by atoms with van der Waals surface area (Å²) in [6, 6.07) is 3.83. The summed E-state index contributed by atoms with van der Waals surface area (Å²) in [4.78, 5) is 0. The van der Waals surface area contributed by atoms with Gasteiger partial charge in [-0.3, -0.25) is 0 Å². The first-order chi connectivity index (χ1) is 9.19. The van der Waals surface area contributed by atoms with E-state index in [0.29, 0.717) is 6.61 Å². The van der Waals surface area contributed by atoms with E-state index in [1.165, 1.54) is 0 Å². The van der Waals surface area contributed by atoms with Crippen molar-refractivity contribution >= 4 is 0 Å². The third-order valence-corrected chi connectivity index (χ3v) is 3.55. The standard InChI is InChI=1S/C14H22N2O3/c1-9-12(17-2)5-4-10(14(9)18-3)13(15)11-8-19-7-6-16-11/h4-5,11,13,16H,6-8,15H2,1-3H3. The SMILES string of the molecule is COc1ccc(C(N)C2COCCN2)c(OC)c1C. The first-order valence-corrected chi connectivity index (χ1v) is 6.47. The fourth-order valence-electron chi connectivity index (χ4n) is 2.48. The number of benzene rings is 1. The van der Waals surface area contributed by atoms with Crippen LogP contribution in [0.15, 0.2) is 12.1 Å². The van der Waals surface area contributed by atoms with Gasteiger partial charge in [0.15, 0.2) is 0 Å². The number of hydrogen-bond acceptors (Lipinski definition) is 5. The third kappa shape index (κ3) is 2.83. The van der Waals surface area contributed by atoms with Gasteiger partial charge in [0.25, 0.3) is 0 Å². The Bertz CT molecular complexity index is 431. The monoisotopic (exact) mass is 266 g/mol. The number of morpholine rings is 1. The Morgan fingerprint density at radius 2 is 2.16 bits per heavy atom. The first-order valence-electron chi connectivity index (χ1n) is 6.47. The molecule has 1 heterocycles. The molecule has 0 spiro atoms. The second-order valence-electron chi connectivity index (χ2n) is 4.68. The van der Waals surface area contributed by atoms with Crippen molar-refractivity contribution in [2.45, 2.75) is 19.0 Å². The molecule has 1 fully saturated rings. The molecule has 1 aromatic rings. The molecule has 1 saturated heterocycles. The summed E-state index contributed by atoms with van der Waals surface area (Å²) in [6.45, 7) is 4.16. The van der Waals surface area contributed by atoms with Crippen LogP contribution < -0.4 is 20.5 Å². The molecule has 0 amide bonds. The lowest BCUT2D eigenvalue weighted by Crippen LogP contribution is -2.47. The van der Waals surface area contributed by atoms with Crippen molar-refractivity contribution in [2.75, 3.05) is 34.0 Å². The number of methoxy groups -OCH3 is 2. The van der Waals surface area contributed by atoms with E-state index in [1.54, 1.807) is 14.2 Å². The molecule has 0 bridgehead atoms. The molecule has 0 aromatic heterocycles. The minimum absolute atomic E-state index is 0.107. The van der Waals surface area contributed by atoms with Crippen molar-refractivity contribution in [2.24, 2.45) is 5.73 Å². The van der Waals surface area contributed by atoms with Crippen LogP contribution in [0.4, 0.5) is 0 Å². The molecule has 0 radical (unpaired) electrons. The van der Waals surface area contributed by atoms with Gasteiger partial charge in [-0.15, -0.1) is 0 Å². The van der Waals surface area contributed by atoms with Crippen LogP contribution in [0, 0.1) is 6.92 Å². The molecular formula is C14H22N2O3. The van der Waals surface area contributed by atoms with E-state index in [0.717, 1.165) is 35.8 Å². The molecule has 1 aliphatic heterocycles. The summed E-state index contributed by atoms with van der Waals surface area (Å²) in [5.74, 6) is 1.60. The van der Waals surface area contributed by atoms with Crippen molar-refractivity contribution in [1.82, 2.24) is 5.32 Å². The predicted molar refractivity (Wildman–Crippen MR) is 73.8 cm³/mol. The zero-order chi connectivity index (χ0) is 13.8. The van der Waals surface area contributed by atoms with Gasteiger partial charge in [0.2, 0.25) is 0 Å². The highest BCUT2D eigenvalue weighted by atomic mass is 16.5. The van der Waals surface area contributed by atoms with E-state index < -0.39 is 0 Å². The van der Waals surface area contributed by atoms with Crippen LogP contribution in [0.5, 0.6) is 11.5 Å². The summed E-state index contributed by atoms with van der Waals surface area (Å²) in [7, 11) is 3.31. The minimum atomic E-state index is -0.167. The van der Waals surface area contributed by atoms with Gasteiger partial charge >= 0.3 is 0 Å². The average Bonchev–Trinajstić information content (AvgIpc) is 2.47. The van der Waals surface area contributed by atoms with E-state index in [-0.39, 0.29) is 12.1 Å². The van der Waals surface area contributed by atoms with Crippen LogP contribution in [-0.4, -0.2) is 40.0 Å².